The average Bonchev–Trinajstić information content (AvgIpc) is 3.51. The minimum absolute atomic E-state index is 0.160. The normalized spacial score (nSPS) is 21.2. The van der Waals surface area contributed by atoms with Crippen molar-refractivity contribution in [2.24, 2.45) is 5.73 Å². The molecule has 2 aliphatic rings. The Morgan fingerprint density at radius 3 is 2.74 bits per heavy atom. The number of nitrogens with two attached hydrogens (primary N) is 1. The maximum Gasteiger partial charge on any atom is 0.274 e. The van der Waals surface area contributed by atoms with E-state index in [9.17, 15) is 13.6 Å². The Labute approximate surface area is 196 Å². The molecule has 0 saturated carbocycles. The molecule has 0 aromatic carbocycles. The van der Waals surface area contributed by atoms with Gasteiger partial charge in [-0.05, 0) is 45.6 Å². The van der Waals surface area contributed by atoms with Crippen LogP contribution < -0.4 is 10.6 Å². The molecule has 9 nitrogen and oxygen atoms in total. The van der Waals surface area contributed by atoms with Gasteiger partial charge in [0.1, 0.15) is 12.4 Å². The Kier molecular flexibility index (Phi) is 5.97. The largest absolute Gasteiger partial charge is 0.355 e. The maximum absolute atomic E-state index is 13.4. The number of piperidine rings is 1. The van der Waals surface area contributed by atoms with Crippen LogP contribution in [0, 0.1) is 13.8 Å². The van der Waals surface area contributed by atoms with Gasteiger partial charge in [0.05, 0.1) is 11.7 Å². The van der Waals surface area contributed by atoms with Crippen LogP contribution in [0.5, 0.6) is 0 Å². The number of carbonyl (C=O) groups is 1. The summed E-state index contributed by atoms with van der Waals surface area (Å²) < 4.78 is 28.6. The van der Waals surface area contributed by atoms with Crippen LogP contribution in [0.25, 0.3) is 5.65 Å². The van der Waals surface area contributed by atoms with Gasteiger partial charge in [-0.3, -0.25) is 9.48 Å². The minimum atomic E-state index is -2.53. The molecule has 0 aliphatic carbocycles. The third-order valence-electron chi connectivity index (χ3n) is 6.76. The zero-order chi connectivity index (χ0) is 24.0. The van der Waals surface area contributed by atoms with Crippen molar-refractivity contribution >= 4 is 17.4 Å². The number of fused-ring (bicyclic) bond motifs is 1. The smallest absolute Gasteiger partial charge is 0.274 e. The fourth-order valence-electron chi connectivity index (χ4n) is 5.04. The molecule has 3 aromatic heterocycles. The Morgan fingerprint density at radius 1 is 1.18 bits per heavy atom. The number of halogens is 2. The van der Waals surface area contributed by atoms with Crippen LogP contribution in [0.2, 0.25) is 0 Å². The van der Waals surface area contributed by atoms with Crippen LogP contribution in [0.4, 0.5) is 14.6 Å². The van der Waals surface area contributed by atoms with E-state index in [0.717, 1.165) is 61.5 Å². The van der Waals surface area contributed by atoms with E-state index in [1.807, 2.05) is 19.2 Å². The van der Waals surface area contributed by atoms with Gasteiger partial charge < -0.3 is 15.5 Å². The fraction of sp³-hybridized carbons (Fsp3) is 0.565. The second-order valence-electron chi connectivity index (χ2n) is 9.37. The number of alkyl halides is 2. The average molecular weight is 473 g/mol. The van der Waals surface area contributed by atoms with Crippen molar-refractivity contribution in [3.63, 3.8) is 0 Å². The molecule has 3 aromatic rings. The molecular weight excluding hydrogens is 442 g/mol. The number of hydrogen-bond acceptors (Lipinski definition) is 6. The van der Waals surface area contributed by atoms with Gasteiger partial charge >= 0.3 is 0 Å². The third kappa shape index (κ3) is 4.24. The number of nitrogens with zero attached hydrogens (tertiary/aromatic N) is 7. The first-order valence-electron chi connectivity index (χ1n) is 11.8. The number of hydrogen-bond donors (Lipinski definition) is 1. The number of aryl methyl sites for hydroxylation is 2. The lowest BCUT2D eigenvalue weighted by molar-refractivity contribution is 0.0596. The lowest BCUT2D eigenvalue weighted by atomic mass is 9.99. The van der Waals surface area contributed by atoms with Gasteiger partial charge in [0.2, 0.25) is 0 Å². The first kappa shape index (κ1) is 22.7. The van der Waals surface area contributed by atoms with Crippen molar-refractivity contribution in [2.45, 2.75) is 64.6 Å². The maximum atomic E-state index is 13.4. The van der Waals surface area contributed by atoms with Crippen molar-refractivity contribution in [3.05, 3.63) is 41.0 Å². The zero-order valence-corrected chi connectivity index (χ0v) is 19.5. The summed E-state index contributed by atoms with van der Waals surface area (Å²) in [6.07, 6.45) is 3.02. The molecular formula is C23H30F2N8O. The van der Waals surface area contributed by atoms with Crippen LogP contribution in [0.15, 0.2) is 18.3 Å². The van der Waals surface area contributed by atoms with Crippen molar-refractivity contribution in [1.29, 1.82) is 0 Å². The number of aromatic nitrogens is 5. The van der Waals surface area contributed by atoms with Crippen LogP contribution in [-0.2, 0) is 6.54 Å². The highest BCUT2D eigenvalue weighted by atomic mass is 19.3. The topological polar surface area (TPSA) is 97.6 Å². The van der Waals surface area contributed by atoms with Crippen molar-refractivity contribution < 1.29 is 13.6 Å². The van der Waals surface area contributed by atoms with E-state index in [-0.39, 0.29) is 23.7 Å². The highest BCUT2D eigenvalue weighted by molar-refractivity contribution is 5.92. The number of anilines is 1. The van der Waals surface area contributed by atoms with E-state index in [4.69, 9.17) is 15.8 Å². The molecule has 2 N–H and O–H groups in total. The van der Waals surface area contributed by atoms with Crippen LogP contribution >= 0.6 is 0 Å². The Morgan fingerprint density at radius 2 is 2.00 bits per heavy atom. The van der Waals surface area contributed by atoms with Crippen LogP contribution in [0.1, 0.15) is 59.2 Å². The number of amides is 1. The molecule has 1 amide bonds. The number of likely N-dealkylation sites (tertiary alicyclic amines) is 1. The molecule has 2 unspecified atom stereocenters. The van der Waals surface area contributed by atoms with Crippen molar-refractivity contribution in [1.82, 2.24) is 29.3 Å². The Hall–Kier alpha value is -3.08. The molecule has 2 saturated heterocycles. The summed E-state index contributed by atoms with van der Waals surface area (Å²) in [6.45, 7) is 5.41. The molecule has 2 aliphatic heterocycles. The minimum Gasteiger partial charge on any atom is -0.355 e. The first-order valence-corrected chi connectivity index (χ1v) is 11.8. The van der Waals surface area contributed by atoms with Gasteiger partial charge in [0.15, 0.2) is 11.3 Å². The van der Waals surface area contributed by atoms with Crippen LogP contribution in [0.3, 0.4) is 0 Å². The highest BCUT2D eigenvalue weighted by Crippen LogP contribution is 2.32. The number of rotatable bonds is 5. The van der Waals surface area contributed by atoms with E-state index < -0.39 is 13.0 Å². The Bertz CT molecular complexity index is 1210. The molecule has 0 spiro atoms. The van der Waals surface area contributed by atoms with Crippen molar-refractivity contribution in [3.8, 4) is 0 Å². The van der Waals surface area contributed by atoms with E-state index >= 15 is 0 Å². The molecule has 5 heterocycles. The molecule has 0 radical (unpaired) electrons. The van der Waals surface area contributed by atoms with Crippen LogP contribution in [-0.4, -0.2) is 67.3 Å². The summed E-state index contributed by atoms with van der Waals surface area (Å²) in [5, 5.41) is 8.92. The lowest BCUT2D eigenvalue weighted by Gasteiger charge is -2.34. The third-order valence-corrected chi connectivity index (χ3v) is 6.76. The van der Waals surface area contributed by atoms with E-state index in [0.29, 0.717) is 12.2 Å². The lowest BCUT2D eigenvalue weighted by Crippen LogP contribution is -2.39. The van der Waals surface area contributed by atoms with E-state index in [1.54, 1.807) is 22.4 Å². The predicted octanol–water partition coefficient (Wildman–Crippen LogP) is 2.71. The summed E-state index contributed by atoms with van der Waals surface area (Å²) in [6, 6.07) is 3.47. The zero-order valence-electron chi connectivity index (χ0n) is 19.5. The summed E-state index contributed by atoms with van der Waals surface area (Å²) in [4.78, 5) is 22.2. The number of carbonyl (C=O) groups excluding carboxylic acids is 1. The monoisotopic (exact) mass is 472 g/mol. The molecule has 34 heavy (non-hydrogen) atoms. The van der Waals surface area contributed by atoms with Gasteiger partial charge in [-0.2, -0.15) is 10.2 Å². The predicted molar refractivity (Wildman–Crippen MR) is 123 cm³/mol. The Balaban J connectivity index is 1.43. The quantitative estimate of drug-likeness (QED) is 0.613. The highest BCUT2D eigenvalue weighted by Gasteiger charge is 2.32. The van der Waals surface area contributed by atoms with Gasteiger partial charge in [-0.25, -0.2) is 18.3 Å². The molecule has 0 bridgehead atoms. The fourth-order valence-corrected chi connectivity index (χ4v) is 5.04. The molecule has 11 heteroatoms. The van der Waals surface area contributed by atoms with Gasteiger partial charge in [-0.15, -0.1) is 0 Å². The summed E-state index contributed by atoms with van der Waals surface area (Å²) in [5.74, 6) is 0.664. The second-order valence-corrected chi connectivity index (χ2v) is 9.37. The summed E-state index contributed by atoms with van der Waals surface area (Å²) >= 11 is 0. The van der Waals surface area contributed by atoms with Crippen molar-refractivity contribution in [2.75, 3.05) is 24.5 Å². The van der Waals surface area contributed by atoms with Gasteiger partial charge in [0, 0.05) is 49.2 Å². The second kappa shape index (κ2) is 8.94. The molecule has 2 fully saturated rings. The SMILES string of the molecule is Cc1cn2nc(C3CCCCN3C(=O)c3cc(C)n(CC(F)F)n3)cc2nc1N1CCC(N)C1. The molecule has 182 valence electrons. The van der Waals surface area contributed by atoms with E-state index in [1.165, 1.54) is 4.68 Å². The molecule has 2 atom stereocenters. The van der Waals surface area contributed by atoms with E-state index in [2.05, 4.69) is 10.00 Å². The molecule has 5 rings (SSSR count). The first-order chi connectivity index (χ1) is 16.3. The summed E-state index contributed by atoms with van der Waals surface area (Å²) in [5.41, 5.74) is 9.34. The summed E-state index contributed by atoms with van der Waals surface area (Å²) in [7, 11) is 0. The standard InChI is InChI=1S/C23H30F2N8O/c1-14-11-33-21(27-22(14)30-8-6-16(26)12-30)10-17(28-33)19-5-3-4-7-31(19)23(34)18-9-15(2)32(29-18)13-20(24)25/h9-11,16,19-20H,3-8,12-13,26H2,1-2H3. The van der Waals surface area contributed by atoms with Gasteiger partial charge in [-0.1, -0.05) is 0 Å². The van der Waals surface area contributed by atoms with Gasteiger partial charge in [0.25, 0.3) is 12.3 Å².